The van der Waals surface area contributed by atoms with Crippen molar-refractivity contribution in [1.82, 2.24) is 5.32 Å². The van der Waals surface area contributed by atoms with E-state index in [4.69, 9.17) is 9.47 Å². The van der Waals surface area contributed by atoms with Gasteiger partial charge in [0.25, 0.3) is 5.91 Å². The first kappa shape index (κ1) is 14.2. The summed E-state index contributed by atoms with van der Waals surface area (Å²) >= 11 is 0. The summed E-state index contributed by atoms with van der Waals surface area (Å²) in [5, 5.41) is 12.3. The Kier molecular flexibility index (Phi) is 4.29. The molecule has 1 amide bonds. The van der Waals surface area contributed by atoms with E-state index in [1.807, 2.05) is 0 Å². The summed E-state index contributed by atoms with van der Waals surface area (Å²) < 4.78 is 11.2. The molecule has 1 fully saturated rings. The number of aliphatic hydroxyl groups excluding tert-OH is 1. The van der Waals surface area contributed by atoms with Gasteiger partial charge in [0.2, 0.25) is 0 Å². The Labute approximate surface area is 124 Å². The van der Waals surface area contributed by atoms with E-state index in [1.54, 1.807) is 18.2 Å². The van der Waals surface area contributed by atoms with Gasteiger partial charge in [-0.1, -0.05) is 6.42 Å². The van der Waals surface area contributed by atoms with Crippen LogP contribution < -0.4 is 14.8 Å². The highest BCUT2D eigenvalue weighted by atomic mass is 16.5. The van der Waals surface area contributed by atoms with Gasteiger partial charge >= 0.3 is 0 Å². The third-order valence-electron chi connectivity index (χ3n) is 4.22. The molecule has 2 aliphatic rings. The number of fused-ring (bicyclic) bond motifs is 1. The Morgan fingerprint density at radius 1 is 1.19 bits per heavy atom. The smallest absolute Gasteiger partial charge is 0.251 e. The van der Waals surface area contributed by atoms with Gasteiger partial charge in [0.1, 0.15) is 0 Å². The Hall–Kier alpha value is -1.75. The largest absolute Gasteiger partial charge is 0.490 e. The summed E-state index contributed by atoms with van der Waals surface area (Å²) in [5.41, 5.74) is 0.572. The Bertz CT molecular complexity index is 517. The SMILES string of the molecule is O=C(NC1CCCC1CO)c1ccc2c(c1)OCCCO2. The Morgan fingerprint density at radius 2 is 2.00 bits per heavy atom. The van der Waals surface area contributed by atoms with Gasteiger partial charge in [0.05, 0.1) is 13.2 Å². The molecule has 21 heavy (non-hydrogen) atoms. The second-order valence-electron chi connectivity index (χ2n) is 5.67. The average molecular weight is 291 g/mol. The number of aliphatic hydroxyl groups is 1. The molecule has 3 rings (SSSR count). The minimum Gasteiger partial charge on any atom is -0.490 e. The number of nitrogens with one attached hydrogen (secondary N) is 1. The molecule has 114 valence electrons. The molecule has 2 N–H and O–H groups in total. The molecule has 1 aromatic carbocycles. The van der Waals surface area contributed by atoms with Crippen molar-refractivity contribution in [3.8, 4) is 11.5 Å². The van der Waals surface area contributed by atoms with Gasteiger partial charge in [-0.25, -0.2) is 0 Å². The van der Waals surface area contributed by atoms with Crippen LogP contribution in [0.5, 0.6) is 11.5 Å². The van der Waals surface area contributed by atoms with Crippen molar-refractivity contribution in [2.24, 2.45) is 5.92 Å². The van der Waals surface area contributed by atoms with E-state index in [0.717, 1.165) is 25.7 Å². The number of hydrogen-bond acceptors (Lipinski definition) is 4. The molecule has 2 atom stereocenters. The van der Waals surface area contributed by atoms with Crippen LogP contribution in [0.15, 0.2) is 18.2 Å². The molecule has 2 unspecified atom stereocenters. The van der Waals surface area contributed by atoms with Crippen molar-refractivity contribution in [2.45, 2.75) is 31.7 Å². The fraction of sp³-hybridized carbons (Fsp3) is 0.562. The first-order valence-electron chi connectivity index (χ1n) is 7.59. The van der Waals surface area contributed by atoms with Gasteiger partial charge in [-0.15, -0.1) is 0 Å². The van der Waals surface area contributed by atoms with E-state index in [1.165, 1.54) is 0 Å². The van der Waals surface area contributed by atoms with Crippen molar-refractivity contribution >= 4 is 5.91 Å². The molecule has 1 aromatic rings. The number of ether oxygens (including phenoxy) is 2. The summed E-state index contributed by atoms with van der Waals surface area (Å²) in [7, 11) is 0. The normalized spacial score (nSPS) is 24.4. The van der Waals surface area contributed by atoms with Crippen molar-refractivity contribution in [3.63, 3.8) is 0 Å². The minimum absolute atomic E-state index is 0.0680. The maximum Gasteiger partial charge on any atom is 0.251 e. The minimum atomic E-state index is -0.115. The second kappa shape index (κ2) is 6.35. The van der Waals surface area contributed by atoms with Crippen molar-refractivity contribution in [3.05, 3.63) is 23.8 Å². The Morgan fingerprint density at radius 3 is 2.81 bits per heavy atom. The lowest BCUT2D eigenvalue weighted by Crippen LogP contribution is -2.38. The number of carbonyl (C=O) groups excluding carboxylic acids is 1. The second-order valence-corrected chi connectivity index (χ2v) is 5.67. The van der Waals surface area contributed by atoms with Gasteiger partial charge in [-0.05, 0) is 31.0 Å². The molecule has 1 aliphatic carbocycles. The average Bonchev–Trinajstić information content (AvgIpc) is 2.81. The van der Waals surface area contributed by atoms with E-state index >= 15 is 0 Å². The Balaban J connectivity index is 1.71. The number of carbonyl (C=O) groups is 1. The zero-order chi connectivity index (χ0) is 14.7. The van der Waals surface area contributed by atoms with E-state index in [9.17, 15) is 9.90 Å². The highest BCUT2D eigenvalue weighted by Gasteiger charge is 2.28. The number of hydrogen-bond donors (Lipinski definition) is 2. The fourth-order valence-electron chi connectivity index (χ4n) is 3.00. The third kappa shape index (κ3) is 3.13. The first-order chi connectivity index (χ1) is 10.3. The van der Waals surface area contributed by atoms with Gasteiger partial charge in [-0.2, -0.15) is 0 Å². The summed E-state index contributed by atoms with van der Waals surface area (Å²) in [5.74, 6) is 1.38. The van der Waals surface area contributed by atoms with Crippen LogP contribution in [0.25, 0.3) is 0 Å². The van der Waals surface area contributed by atoms with Crippen LogP contribution in [0.1, 0.15) is 36.0 Å². The highest BCUT2D eigenvalue weighted by molar-refractivity contribution is 5.95. The molecule has 0 bridgehead atoms. The molecule has 5 nitrogen and oxygen atoms in total. The molecular formula is C16H21NO4. The lowest BCUT2D eigenvalue weighted by atomic mass is 10.0. The van der Waals surface area contributed by atoms with Crippen molar-refractivity contribution in [2.75, 3.05) is 19.8 Å². The van der Waals surface area contributed by atoms with E-state index in [-0.39, 0.29) is 24.5 Å². The topological polar surface area (TPSA) is 67.8 Å². The summed E-state index contributed by atoms with van der Waals surface area (Å²) in [6, 6.07) is 5.34. The molecule has 5 heteroatoms. The van der Waals surface area contributed by atoms with Crippen LogP contribution in [0.2, 0.25) is 0 Å². The molecule has 1 heterocycles. The zero-order valence-corrected chi connectivity index (χ0v) is 12.0. The zero-order valence-electron chi connectivity index (χ0n) is 12.0. The maximum absolute atomic E-state index is 12.3. The predicted molar refractivity (Wildman–Crippen MR) is 77.7 cm³/mol. The molecule has 1 saturated carbocycles. The molecule has 0 spiro atoms. The molecule has 0 radical (unpaired) electrons. The van der Waals surface area contributed by atoms with Crippen LogP contribution in [0.4, 0.5) is 0 Å². The van der Waals surface area contributed by atoms with Gasteiger partial charge in [-0.3, -0.25) is 4.79 Å². The van der Waals surface area contributed by atoms with Crippen molar-refractivity contribution in [1.29, 1.82) is 0 Å². The standard InChI is InChI=1S/C16H21NO4/c18-10-12-3-1-4-13(12)17-16(19)11-5-6-14-15(9-11)21-8-2-7-20-14/h5-6,9,12-13,18H,1-4,7-8,10H2,(H,17,19). The quantitative estimate of drug-likeness (QED) is 0.890. The highest BCUT2D eigenvalue weighted by Crippen LogP contribution is 2.31. The fourth-order valence-corrected chi connectivity index (χ4v) is 3.00. The first-order valence-corrected chi connectivity index (χ1v) is 7.59. The number of rotatable bonds is 3. The molecular weight excluding hydrogens is 270 g/mol. The maximum atomic E-state index is 12.3. The third-order valence-corrected chi connectivity index (χ3v) is 4.22. The van der Waals surface area contributed by atoms with Crippen molar-refractivity contribution < 1.29 is 19.4 Å². The van der Waals surface area contributed by atoms with Gasteiger partial charge < -0.3 is 19.9 Å². The summed E-state index contributed by atoms with van der Waals surface area (Å²) in [4.78, 5) is 12.3. The lowest BCUT2D eigenvalue weighted by molar-refractivity contribution is 0.0915. The van der Waals surface area contributed by atoms with E-state index in [0.29, 0.717) is 30.3 Å². The number of amides is 1. The van der Waals surface area contributed by atoms with Crippen LogP contribution in [-0.2, 0) is 0 Å². The molecule has 1 aliphatic heterocycles. The van der Waals surface area contributed by atoms with Crippen LogP contribution in [0, 0.1) is 5.92 Å². The predicted octanol–water partition coefficient (Wildman–Crippen LogP) is 1.74. The van der Waals surface area contributed by atoms with Crippen LogP contribution in [-0.4, -0.2) is 36.9 Å². The van der Waals surface area contributed by atoms with Crippen LogP contribution in [0.3, 0.4) is 0 Å². The van der Waals surface area contributed by atoms with Gasteiger partial charge in [0, 0.05) is 30.6 Å². The summed E-state index contributed by atoms with van der Waals surface area (Å²) in [6.45, 7) is 1.37. The lowest BCUT2D eigenvalue weighted by Gasteiger charge is -2.19. The number of benzene rings is 1. The van der Waals surface area contributed by atoms with Crippen LogP contribution >= 0.6 is 0 Å². The van der Waals surface area contributed by atoms with E-state index < -0.39 is 0 Å². The molecule has 0 saturated heterocycles. The summed E-state index contributed by atoms with van der Waals surface area (Å²) in [6.07, 6.45) is 3.80. The van der Waals surface area contributed by atoms with Gasteiger partial charge in [0.15, 0.2) is 11.5 Å². The molecule has 0 aromatic heterocycles. The van der Waals surface area contributed by atoms with E-state index in [2.05, 4.69) is 5.32 Å². The monoisotopic (exact) mass is 291 g/mol.